The van der Waals surface area contributed by atoms with Gasteiger partial charge in [-0.2, -0.15) is 23.3 Å². The number of benzene rings is 2. The summed E-state index contributed by atoms with van der Waals surface area (Å²) in [5.74, 6) is -0.128. The van der Waals surface area contributed by atoms with Crippen molar-refractivity contribution in [2.24, 2.45) is 7.05 Å². The first-order valence-electron chi connectivity index (χ1n) is 12.1. The summed E-state index contributed by atoms with van der Waals surface area (Å²) in [4.78, 5) is 16.8. The maximum Gasteiger partial charge on any atom is 0.405 e. The van der Waals surface area contributed by atoms with Crippen molar-refractivity contribution in [2.75, 3.05) is 25.6 Å². The van der Waals surface area contributed by atoms with Crippen molar-refractivity contribution in [2.45, 2.75) is 31.7 Å². The van der Waals surface area contributed by atoms with E-state index in [2.05, 4.69) is 20.5 Å². The smallest absolute Gasteiger partial charge is 0.405 e. The zero-order valence-electron chi connectivity index (χ0n) is 21.0. The molecule has 14 heteroatoms. The van der Waals surface area contributed by atoms with Crippen LogP contribution < -0.4 is 15.4 Å². The molecular weight excluding hydrogens is 539 g/mol. The molecule has 0 spiro atoms. The third-order valence-electron chi connectivity index (χ3n) is 6.31. The van der Waals surface area contributed by atoms with E-state index in [1.807, 2.05) is 22.1 Å². The molecule has 1 fully saturated rings. The molecule has 3 heterocycles. The number of nitrogens with zero attached hydrogens (tertiary/aromatic N) is 5. The Morgan fingerprint density at radius 1 is 1.26 bits per heavy atom. The number of carbonyl (C=O) groups excluding carboxylic acids is 1. The third kappa shape index (κ3) is 5.64. The highest BCUT2D eigenvalue weighted by Gasteiger charge is 2.28. The molecule has 1 unspecified atom stereocenters. The molecule has 2 aromatic carbocycles. The van der Waals surface area contributed by atoms with Crippen molar-refractivity contribution >= 4 is 40.0 Å². The molecule has 1 aliphatic rings. The van der Waals surface area contributed by atoms with Gasteiger partial charge in [0.05, 0.1) is 35.1 Å². The molecule has 2 aromatic heterocycles. The number of nitrogens with one attached hydrogen (secondary N) is 2. The van der Waals surface area contributed by atoms with E-state index in [1.165, 1.54) is 30.0 Å². The number of aryl methyl sites for hydroxylation is 1. The number of alkyl halides is 3. The van der Waals surface area contributed by atoms with Gasteiger partial charge in [0.25, 0.3) is 5.91 Å². The minimum absolute atomic E-state index is 0.0426. The van der Waals surface area contributed by atoms with Crippen LogP contribution in [-0.2, 0) is 11.8 Å². The number of carbonyl (C=O) groups is 1. The molecule has 5 rings (SSSR count). The Morgan fingerprint density at radius 2 is 2.08 bits per heavy atom. The average molecular weight is 564 g/mol. The Kier molecular flexibility index (Phi) is 7.36. The lowest BCUT2D eigenvalue weighted by Gasteiger charge is -2.23. The number of fused-ring (bicyclic) bond motifs is 1. The van der Waals surface area contributed by atoms with Crippen molar-refractivity contribution < 1.29 is 27.4 Å². The lowest BCUT2D eigenvalue weighted by Crippen LogP contribution is -2.33. The molecule has 1 atom stereocenters. The zero-order valence-corrected chi connectivity index (χ0v) is 21.8. The Balaban J connectivity index is 1.37. The first-order valence-corrected chi connectivity index (χ1v) is 12.5. The molecule has 1 aliphatic heterocycles. The summed E-state index contributed by atoms with van der Waals surface area (Å²) in [6.07, 6.45) is 0.0712. The second kappa shape index (κ2) is 10.7. The van der Waals surface area contributed by atoms with Gasteiger partial charge in [-0.1, -0.05) is 17.7 Å². The second-order valence-electron chi connectivity index (χ2n) is 8.99. The SMILES string of the molecule is COc1cc(-c2nc(Nc3ccc4c(cnn4C4CCCCO4)c3Cl)n(C)n2)ccc1C(=O)NCC(F)(F)F. The van der Waals surface area contributed by atoms with Gasteiger partial charge in [0.1, 0.15) is 12.3 Å². The highest BCUT2D eigenvalue weighted by atomic mass is 35.5. The summed E-state index contributed by atoms with van der Waals surface area (Å²) in [7, 11) is 3.01. The van der Waals surface area contributed by atoms with Crippen molar-refractivity contribution in [1.29, 1.82) is 0 Å². The van der Waals surface area contributed by atoms with Gasteiger partial charge in [-0.3, -0.25) is 4.79 Å². The second-order valence-corrected chi connectivity index (χ2v) is 9.37. The molecule has 10 nitrogen and oxygen atoms in total. The number of aromatic nitrogens is 5. The van der Waals surface area contributed by atoms with Crippen LogP contribution in [0.5, 0.6) is 5.75 Å². The standard InChI is InChI=1S/C25H25ClF3N7O3/c1-35-24(32-17-8-9-18-16(21(17)26)12-31-36(18)20-5-3-4-10-39-20)33-22(34-35)14-6-7-15(19(11-14)38-2)23(37)30-13-25(27,28)29/h6-9,11-12,20H,3-5,10,13H2,1-2H3,(H,30,37)(H,32,33,34). The van der Waals surface area contributed by atoms with Crippen LogP contribution in [0.3, 0.4) is 0 Å². The summed E-state index contributed by atoms with van der Waals surface area (Å²) >= 11 is 6.72. The maximum atomic E-state index is 12.5. The van der Waals surface area contributed by atoms with Gasteiger partial charge in [0.15, 0.2) is 12.1 Å². The number of anilines is 2. The zero-order chi connectivity index (χ0) is 27.7. The van der Waals surface area contributed by atoms with Gasteiger partial charge in [-0.25, -0.2) is 9.36 Å². The Hall–Kier alpha value is -3.84. The van der Waals surface area contributed by atoms with Gasteiger partial charge < -0.3 is 20.1 Å². The number of hydrogen-bond acceptors (Lipinski definition) is 7. The van der Waals surface area contributed by atoms with Gasteiger partial charge in [-0.15, -0.1) is 5.10 Å². The Morgan fingerprint density at radius 3 is 2.79 bits per heavy atom. The fourth-order valence-electron chi connectivity index (χ4n) is 4.36. The molecule has 0 radical (unpaired) electrons. The van der Waals surface area contributed by atoms with Crippen molar-refractivity contribution in [1.82, 2.24) is 29.9 Å². The highest BCUT2D eigenvalue weighted by molar-refractivity contribution is 6.38. The molecule has 0 bridgehead atoms. The molecule has 2 N–H and O–H groups in total. The fraction of sp³-hybridized carbons (Fsp3) is 0.360. The summed E-state index contributed by atoms with van der Waals surface area (Å²) in [5.41, 5.74) is 1.92. The van der Waals surface area contributed by atoms with E-state index < -0.39 is 18.6 Å². The van der Waals surface area contributed by atoms with Gasteiger partial charge in [0.2, 0.25) is 5.95 Å². The third-order valence-corrected chi connectivity index (χ3v) is 6.71. The van der Waals surface area contributed by atoms with E-state index in [0.717, 1.165) is 30.2 Å². The van der Waals surface area contributed by atoms with E-state index in [1.54, 1.807) is 13.2 Å². The first kappa shape index (κ1) is 26.8. The number of halogens is 4. The van der Waals surface area contributed by atoms with Gasteiger partial charge in [0, 0.05) is 24.6 Å². The first-order chi connectivity index (χ1) is 18.6. The largest absolute Gasteiger partial charge is 0.496 e. The summed E-state index contributed by atoms with van der Waals surface area (Å²) in [6.45, 7) is -0.745. The number of methoxy groups -OCH3 is 1. The molecule has 1 amide bonds. The van der Waals surface area contributed by atoms with Crippen LogP contribution in [0.1, 0.15) is 35.8 Å². The van der Waals surface area contributed by atoms with Crippen molar-refractivity contribution in [3.05, 3.63) is 47.1 Å². The minimum Gasteiger partial charge on any atom is -0.496 e. The van der Waals surface area contributed by atoms with Gasteiger partial charge in [-0.05, 0) is 43.5 Å². The number of ether oxygens (including phenoxy) is 2. The number of amides is 1. The fourth-order valence-corrected chi connectivity index (χ4v) is 4.62. The maximum absolute atomic E-state index is 12.5. The minimum atomic E-state index is -4.53. The summed E-state index contributed by atoms with van der Waals surface area (Å²) in [6, 6.07) is 8.13. The van der Waals surface area contributed by atoms with Gasteiger partial charge >= 0.3 is 6.18 Å². The summed E-state index contributed by atoms with van der Waals surface area (Å²) < 4.78 is 51.9. The van der Waals surface area contributed by atoms with Crippen LogP contribution in [0.4, 0.5) is 24.8 Å². The predicted molar refractivity (Wildman–Crippen MR) is 138 cm³/mol. The van der Waals surface area contributed by atoms with Crippen LogP contribution in [-0.4, -0.2) is 56.9 Å². The Bertz CT molecular complexity index is 1510. The van der Waals surface area contributed by atoms with Crippen LogP contribution >= 0.6 is 11.6 Å². The summed E-state index contributed by atoms with van der Waals surface area (Å²) in [5, 5.41) is 15.2. The van der Waals surface area contributed by atoms with Crippen LogP contribution in [0.15, 0.2) is 36.5 Å². The van der Waals surface area contributed by atoms with Crippen LogP contribution in [0.2, 0.25) is 5.02 Å². The molecular formula is C25H25ClF3N7O3. The van der Waals surface area contributed by atoms with Crippen molar-refractivity contribution in [3.8, 4) is 17.1 Å². The van der Waals surface area contributed by atoms with Crippen LogP contribution in [0.25, 0.3) is 22.3 Å². The molecule has 4 aromatic rings. The highest BCUT2D eigenvalue weighted by Crippen LogP contribution is 2.35. The Labute approximate surface area is 226 Å². The van der Waals surface area contributed by atoms with E-state index in [-0.39, 0.29) is 17.5 Å². The van der Waals surface area contributed by atoms with Crippen LogP contribution in [0, 0.1) is 0 Å². The monoisotopic (exact) mass is 563 g/mol. The quantitative estimate of drug-likeness (QED) is 0.317. The molecule has 0 aliphatic carbocycles. The number of hydrogen-bond donors (Lipinski definition) is 2. The van der Waals surface area contributed by atoms with E-state index in [9.17, 15) is 18.0 Å². The molecule has 0 saturated carbocycles. The topological polar surface area (TPSA) is 108 Å². The van der Waals surface area contributed by atoms with E-state index in [4.69, 9.17) is 21.1 Å². The average Bonchev–Trinajstić information content (AvgIpc) is 3.52. The molecule has 1 saturated heterocycles. The lowest BCUT2D eigenvalue weighted by molar-refractivity contribution is -0.123. The predicted octanol–water partition coefficient (Wildman–Crippen LogP) is 5.23. The van der Waals surface area contributed by atoms with E-state index in [0.29, 0.717) is 34.7 Å². The van der Waals surface area contributed by atoms with Crippen molar-refractivity contribution in [3.63, 3.8) is 0 Å². The lowest BCUT2D eigenvalue weighted by atomic mass is 10.1. The number of rotatable bonds is 7. The molecule has 39 heavy (non-hydrogen) atoms. The molecule has 206 valence electrons. The van der Waals surface area contributed by atoms with E-state index >= 15 is 0 Å². The normalized spacial score (nSPS) is 15.9.